The Morgan fingerprint density at radius 3 is 2.46 bits per heavy atom. The average Bonchev–Trinajstić information content (AvgIpc) is 3.00. The molecule has 0 aliphatic heterocycles. The minimum atomic E-state index is -0.260. The fourth-order valence-corrected chi connectivity index (χ4v) is 4.55. The molecule has 6 heteroatoms. The number of benzene rings is 2. The fraction of sp³-hybridized carbons (Fsp3) is 0.200. The van der Waals surface area contributed by atoms with Crippen LogP contribution in [0.5, 0.6) is 0 Å². The number of carbonyl (C=O) groups excluding carboxylic acids is 1. The van der Waals surface area contributed by atoms with Crippen molar-refractivity contribution in [3.05, 3.63) is 73.2 Å². The van der Waals surface area contributed by atoms with Gasteiger partial charge in [0.25, 0.3) is 5.91 Å². The number of thiazole rings is 1. The smallest absolute Gasteiger partial charge is 0.280 e. The molecule has 3 rings (SSSR count). The molecular formula is C20H18FIN2OS. The lowest BCUT2D eigenvalue weighted by Gasteiger charge is -2.08. The van der Waals surface area contributed by atoms with E-state index in [0.29, 0.717) is 16.9 Å². The molecule has 0 atom stereocenters. The summed E-state index contributed by atoms with van der Waals surface area (Å²) in [4.78, 5) is 18.9. The normalized spacial score (nSPS) is 11.8. The lowest BCUT2D eigenvalue weighted by Crippen LogP contribution is -2.17. The van der Waals surface area contributed by atoms with Crippen LogP contribution in [0.2, 0.25) is 0 Å². The van der Waals surface area contributed by atoms with E-state index in [2.05, 4.69) is 34.5 Å². The molecule has 0 saturated carbocycles. The molecule has 3 aromatic rings. The van der Waals surface area contributed by atoms with Crippen molar-refractivity contribution in [3.8, 4) is 11.3 Å². The number of hydrogen-bond acceptors (Lipinski definition) is 2. The standard InChI is InChI=1S/C20H18FIN2OS/c1-3-17-18(13-9-11-14(21)12-10-13)24(4-2)20(26-17)23-19(25)15-7-5-6-8-16(15)22/h5-12H,3-4H2,1-2H3. The number of nitrogens with zero attached hydrogens (tertiary/aromatic N) is 2. The molecule has 0 aliphatic carbocycles. The molecule has 1 heterocycles. The fourth-order valence-electron chi connectivity index (χ4n) is 2.78. The lowest BCUT2D eigenvalue weighted by molar-refractivity contribution is 0.0997. The summed E-state index contributed by atoms with van der Waals surface area (Å²) in [5.41, 5.74) is 2.55. The van der Waals surface area contributed by atoms with Crippen LogP contribution in [0, 0.1) is 9.39 Å². The highest BCUT2D eigenvalue weighted by atomic mass is 127. The molecule has 0 spiro atoms. The van der Waals surface area contributed by atoms with Crippen LogP contribution in [0.25, 0.3) is 11.3 Å². The molecule has 2 aromatic carbocycles. The largest absolute Gasteiger partial charge is 0.316 e. The SMILES string of the molecule is CCc1sc(=NC(=O)c2ccccc2I)n(CC)c1-c1ccc(F)cc1. The highest BCUT2D eigenvalue weighted by Gasteiger charge is 2.15. The Bertz CT molecular complexity index is 1010. The minimum Gasteiger partial charge on any atom is -0.316 e. The molecule has 0 N–H and O–H groups in total. The Kier molecular flexibility index (Phi) is 6.03. The number of rotatable bonds is 4. The van der Waals surface area contributed by atoms with Gasteiger partial charge in [0.05, 0.1) is 11.3 Å². The molecule has 1 amide bonds. The van der Waals surface area contributed by atoms with E-state index in [9.17, 15) is 9.18 Å². The van der Waals surface area contributed by atoms with E-state index in [1.165, 1.54) is 23.5 Å². The maximum Gasteiger partial charge on any atom is 0.280 e. The first-order valence-corrected chi connectivity index (χ1v) is 10.3. The predicted octanol–water partition coefficient (Wildman–Crippen LogP) is 5.28. The average molecular weight is 480 g/mol. The highest BCUT2D eigenvalue weighted by molar-refractivity contribution is 14.1. The number of carbonyl (C=O) groups is 1. The first kappa shape index (κ1) is 19.0. The Hall–Kier alpha value is -1.80. The quantitative estimate of drug-likeness (QED) is 0.468. The molecule has 26 heavy (non-hydrogen) atoms. The van der Waals surface area contributed by atoms with Crippen molar-refractivity contribution >= 4 is 39.8 Å². The molecule has 3 nitrogen and oxygen atoms in total. The molecular weight excluding hydrogens is 462 g/mol. The van der Waals surface area contributed by atoms with E-state index in [4.69, 9.17) is 0 Å². The van der Waals surface area contributed by atoms with Crippen LogP contribution in [0.15, 0.2) is 53.5 Å². The summed E-state index contributed by atoms with van der Waals surface area (Å²) >= 11 is 3.67. The highest BCUT2D eigenvalue weighted by Crippen LogP contribution is 2.27. The summed E-state index contributed by atoms with van der Waals surface area (Å²) < 4.78 is 16.2. The van der Waals surface area contributed by atoms with Gasteiger partial charge in [0.15, 0.2) is 4.80 Å². The Labute approximate surface area is 169 Å². The number of hydrogen-bond donors (Lipinski definition) is 0. The zero-order chi connectivity index (χ0) is 18.7. The van der Waals surface area contributed by atoms with Crippen molar-refractivity contribution in [2.75, 3.05) is 0 Å². The number of aromatic nitrogens is 1. The van der Waals surface area contributed by atoms with Crippen molar-refractivity contribution < 1.29 is 9.18 Å². The summed E-state index contributed by atoms with van der Waals surface area (Å²) in [7, 11) is 0. The second-order valence-corrected chi connectivity index (χ2v) is 7.88. The Morgan fingerprint density at radius 1 is 1.15 bits per heavy atom. The van der Waals surface area contributed by atoms with Gasteiger partial charge in [-0.1, -0.05) is 19.1 Å². The van der Waals surface area contributed by atoms with E-state index in [1.807, 2.05) is 29.7 Å². The van der Waals surface area contributed by atoms with E-state index < -0.39 is 0 Å². The monoisotopic (exact) mass is 480 g/mol. The second-order valence-electron chi connectivity index (χ2n) is 5.66. The van der Waals surface area contributed by atoms with Gasteiger partial charge in [-0.25, -0.2) is 4.39 Å². The van der Waals surface area contributed by atoms with Gasteiger partial charge in [-0.3, -0.25) is 4.79 Å². The van der Waals surface area contributed by atoms with Gasteiger partial charge >= 0.3 is 0 Å². The van der Waals surface area contributed by atoms with Gasteiger partial charge in [-0.2, -0.15) is 4.99 Å². The van der Waals surface area contributed by atoms with Gasteiger partial charge in [0.2, 0.25) is 0 Å². The van der Waals surface area contributed by atoms with Crippen LogP contribution in [0.4, 0.5) is 4.39 Å². The van der Waals surface area contributed by atoms with Crippen molar-refractivity contribution in [1.82, 2.24) is 4.57 Å². The van der Waals surface area contributed by atoms with Crippen LogP contribution in [-0.2, 0) is 13.0 Å². The third-order valence-corrected chi connectivity index (χ3v) is 6.20. The molecule has 0 saturated heterocycles. The van der Waals surface area contributed by atoms with Gasteiger partial charge in [0.1, 0.15) is 5.82 Å². The minimum absolute atomic E-state index is 0.244. The summed E-state index contributed by atoms with van der Waals surface area (Å²) in [6, 6.07) is 13.9. The second kappa shape index (κ2) is 8.26. The molecule has 0 aliphatic rings. The number of aryl methyl sites for hydroxylation is 1. The van der Waals surface area contributed by atoms with Gasteiger partial charge in [-0.15, -0.1) is 11.3 Å². The third-order valence-electron chi connectivity index (χ3n) is 4.04. The van der Waals surface area contributed by atoms with Crippen molar-refractivity contribution in [3.63, 3.8) is 0 Å². The topological polar surface area (TPSA) is 34.4 Å². The van der Waals surface area contributed by atoms with Crippen LogP contribution in [0.1, 0.15) is 29.1 Å². The molecule has 0 unspecified atom stereocenters. The predicted molar refractivity (Wildman–Crippen MR) is 112 cm³/mol. The van der Waals surface area contributed by atoms with Crippen LogP contribution < -0.4 is 4.80 Å². The van der Waals surface area contributed by atoms with Crippen LogP contribution in [0.3, 0.4) is 0 Å². The van der Waals surface area contributed by atoms with Crippen molar-refractivity contribution in [2.24, 2.45) is 4.99 Å². The summed E-state index contributed by atoms with van der Waals surface area (Å²) in [5.74, 6) is -0.504. The summed E-state index contributed by atoms with van der Waals surface area (Å²) in [5, 5.41) is 0. The first-order valence-electron chi connectivity index (χ1n) is 8.37. The van der Waals surface area contributed by atoms with E-state index in [-0.39, 0.29) is 11.7 Å². The van der Waals surface area contributed by atoms with Crippen LogP contribution >= 0.6 is 33.9 Å². The molecule has 0 radical (unpaired) electrons. The number of halogens is 2. The van der Waals surface area contributed by atoms with Gasteiger partial charge in [-0.05, 0) is 77.9 Å². The maximum absolute atomic E-state index is 13.3. The molecule has 0 fully saturated rings. The van der Waals surface area contributed by atoms with Gasteiger partial charge < -0.3 is 4.57 Å². The Morgan fingerprint density at radius 2 is 1.85 bits per heavy atom. The zero-order valence-electron chi connectivity index (χ0n) is 14.5. The maximum atomic E-state index is 13.3. The van der Waals surface area contributed by atoms with E-state index >= 15 is 0 Å². The van der Waals surface area contributed by atoms with Gasteiger partial charge in [0, 0.05) is 15.0 Å². The number of amides is 1. The zero-order valence-corrected chi connectivity index (χ0v) is 17.5. The van der Waals surface area contributed by atoms with Crippen molar-refractivity contribution in [2.45, 2.75) is 26.8 Å². The van der Waals surface area contributed by atoms with E-state index in [1.54, 1.807) is 18.2 Å². The third kappa shape index (κ3) is 3.81. The molecule has 0 bridgehead atoms. The molecule has 1 aromatic heterocycles. The first-order chi connectivity index (χ1) is 12.5. The van der Waals surface area contributed by atoms with Crippen LogP contribution in [-0.4, -0.2) is 10.5 Å². The van der Waals surface area contributed by atoms with Crippen molar-refractivity contribution in [1.29, 1.82) is 0 Å². The summed E-state index contributed by atoms with van der Waals surface area (Å²) in [6.07, 6.45) is 0.823. The summed E-state index contributed by atoms with van der Waals surface area (Å²) in [6.45, 7) is 4.78. The lowest BCUT2D eigenvalue weighted by atomic mass is 10.1. The Balaban J connectivity index is 2.15. The van der Waals surface area contributed by atoms with E-state index in [0.717, 1.165) is 26.1 Å². The molecule has 134 valence electrons.